The summed E-state index contributed by atoms with van der Waals surface area (Å²) in [4.78, 5) is 11.4. The van der Waals surface area contributed by atoms with Crippen molar-refractivity contribution >= 4 is 12.2 Å². The summed E-state index contributed by atoms with van der Waals surface area (Å²) in [5, 5.41) is 9.33. The van der Waals surface area contributed by atoms with Crippen LogP contribution < -0.4 is 0 Å². The Hall–Kier alpha value is -2.14. The molecular weight excluding hydrogens is 282 g/mol. The molecule has 5 heteroatoms. The first-order valence-electron chi connectivity index (χ1n) is 7.05. The number of hydrogen-bond acceptors (Lipinski definition) is 3. The smallest absolute Gasteiger partial charge is 0.332 e. The molecule has 0 spiro atoms. The molecule has 0 aromatic carbocycles. The minimum atomic E-state index is -0.869. The molecule has 0 fully saturated rings. The Labute approximate surface area is 131 Å². The lowest BCUT2D eigenvalue weighted by molar-refractivity contribution is -0.492. The number of ether oxygens (including phenoxy) is 2. The number of carboxylic acids is 1. The number of carbonyl (C=O) groups is 1. The second kappa shape index (κ2) is 8.34. The van der Waals surface area contributed by atoms with E-state index in [1.165, 1.54) is 0 Å². The first-order valence-corrected chi connectivity index (χ1v) is 7.05. The summed E-state index contributed by atoms with van der Waals surface area (Å²) in [7, 11) is 3.48. The molecule has 0 atom stereocenters. The van der Waals surface area contributed by atoms with E-state index in [1.54, 1.807) is 13.2 Å². The van der Waals surface area contributed by atoms with Gasteiger partial charge in [-0.2, -0.15) is 0 Å². The van der Waals surface area contributed by atoms with Crippen LogP contribution in [-0.2, 0) is 14.3 Å². The largest absolute Gasteiger partial charge is 0.478 e. The van der Waals surface area contributed by atoms with Crippen molar-refractivity contribution < 1.29 is 24.0 Å². The van der Waals surface area contributed by atoms with Gasteiger partial charge < -0.3 is 14.6 Å². The van der Waals surface area contributed by atoms with Gasteiger partial charge in [0, 0.05) is 13.5 Å². The number of carboxylic acid groups (broad SMARTS) is 1. The van der Waals surface area contributed by atoms with Crippen LogP contribution >= 0.6 is 0 Å². The van der Waals surface area contributed by atoms with E-state index in [9.17, 15) is 9.90 Å². The Morgan fingerprint density at radius 2 is 2.14 bits per heavy atom. The van der Waals surface area contributed by atoms with E-state index in [4.69, 9.17) is 9.47 Å². The normalized spacial score (nSPS) is 16.5. The van der Waals surface area contributed by atoms with Gasteiger partial charge in [0.2, 0.25) is 0 Å². The maximum absolute atomic E-state index is 11.4. The molecule has 0 radical (unpaired) electrons. The minimum Gasteiger partial charge on any atom is -0.478 e. The molecule has 120 valence electrons. The SMILES string of the molecule is C=C(C)/C(=C\C=C(/C)C1=C(C(=O)O)CC[N+](C)=C1)OCOC. The average molecular weight is 306 g/mol. The number of rotatable bonds is 7. The third-order valence-corrected chi connectivity index (χ3v) is 3.31. The Morgan fingerprint density at radius 3 is 2.68 bits per heavy atom. The van der Waals surface area contributed by atoms with E-state index in [0.29, 0.717) is 24.3 Å². The molecule has 0 aromatic rings. The van der Waals surface area contributed by atoms with Crippen LogP contribution in [0.15, 0.2) is 46.8 Å². The van der Waals surface area contributed by atoms with Crippen LogP contribution in [0.4, 0.5) is 0 Å². The van der Waals surface area contributed by atoms with E-state index in [1.807, 2.05) is 37.8 Å². The second-order valence-corrected chi connectivity index (χ2v) is 5.27. The number of methoxy groups -OCH3 is 1. The van der Waals surface area contributed by atoms with Gasteiger partial charge in [0.1, 0.15) is 19.4 Å². The van der Waals surface area contributed by atoms with Crippen LogP contribution in [0.3, 0.4) is 0 Å². The Morgan fingerprint density at radius 1 is 1.45 bits per heavy atom. The molecule has 0 aromatic heterocycles. The van der Waals surface area contributed by atoms with Crippen LogP contribution in [-0.4, -0.2) is 49.4 Å². The van der Waals surface area contributed by atoms with E-state index >= 15 is 0 Å². The fourth-order valence-corrected chi connectivity index (χ4v) is 2.07. The summed E-state index contributed by atoms with van der Waals surface area (Å²) in [6.45, 7) is 8.43. The first-order chi connectivity index (χ1) is 10.4. The van der Waals surface area contributed by atoms with Gasteiger partial charge in [0.05, 0.1) is 11.1 Å². The molecule has 1 N–H and O–H groups in total. The molecule has 0 bridgehead atoms. The highest BCUT2D eigenvalue weighted by atomic mass is 16.7. The summed E-state index contributed by atoms with van der Waals surface area (Å²) < 4.78 is 12.3. The molecular formula is C17H24NO4+. The fourth-order valence-electron chi connectivity index (χ4n) is 2.07. The minimum absolute atomic E-state index is 0.142. The molecule has 0 amide bonds. The highest BCUT2D eigenvalue weighted by Gasteiger charge is 2.22. The summed E-state index contributed by atoms with van der Waals surface area (Å²) >= 11 is 0. The molecule has 1 rings (SSSR count). The topological polar surface area (TPSA) is 58.8 Å². The van der Waals surface area contributed by atoms with Crippen molar-refractivity contribution in [2.45, 2.75) is 20.3 Å². The van der Waals surface area contributed by atoms with Crippen molar-refractivity contribution in [3.05, 3.63) is 46.8 Å². The van der Waals surface area contributed by atoms with Crippen LogP contribution in [0, 0.1) is 0 Å². The number of nitrogens with zero attached hydrogens (tertiary/aromatic N) is 1. The van der Waals surface area contributed by atoms with E-state index in [0.717, 1.165) is 16.7 Å². The van der Waals surface area contributed by atoms with Crippen LogP contribution in [0.25, 0.3) is 0 Å². The van der Waals surface area contributed by atoms with Crippen molar-refractivity contribution in [3.8, 4) is 0 Å². The van der Waals surface area contributed by atoms with Gasteiger partial charge >= 0.3 is 5.97 Å². The van der Waals surface area contributed by atoms with Gasteiger partial charge in [-0.05, 0) is 31.1 Å². The highest BCUT2D eigenvalue weighted by Crippen LogP contribution is 2.20. The lowest BCUT2D eigenvalue weighted by atomic mass is 9.96. The summed E-state index contributed by atoms with van der Waals surface area (Å²) in [6, 6.07) is 0. The zero-order chi connectivity index (χ0) is 16.7. The lowest BCUT2D eigenvalue weighted by Gasteiger charge is -2.13. The molecule has 22 heavy (non-hydrogen) atoms. The maximum Gasteiger partial charge on any atom is 0.332 e. The van der Waals surface area contributed by atoms with Crippen LogP contribution in [0.5, 0.6) is 0 Å². The molecule has 0 saturated heterocycles. The van der Waals surface area contributed by atoms with Gasteiger partial charge in [-0.25, -0.2) is 9.37 Å². The predicted molar refractivity (Wildman–Crippen MR) is 86.0 cm³/mol. The standard InChI is InChI=1S/C17H23NO4/c1-12(2)16(22-11-21-5)7-6-13(3)15-10-18(4)9-8-14(15)17(19)20/h6-7,10H,1,8-9,11H2,2-5H3/p+1/b13-6+,16-7+. The summed E-state index contributed by atoms with van der Waals surface area (Å²) in [5.74, 6) is -0.255. The predicted octanol–water partition coefficient (Wildman–Crippen LogP) is 2.51. The van der Waals surface area contributed by atoms with E-state index in [-0.39, 0.29) is 6.79 Å². The first kappa shape index (κ1) is 17.9. The monoisotopic (exact) mass is 306 g/mol. The van der Waals surface area contributed by atoms with Crippen molar-refractivity contribution in [2.24, 2.45) is 0 Å². The van der Waals surface area contributed by atoms with Gasteiger partial charge in [0.25, 0.3) is 0 Å². The van der Waals surface area contributed by atoms with Crippen LogP contribution in [0.1, 0.15) is 20.3 Å². The molecule has 0 aliphatic carbocycles. The Kier molecular flexibility index (Phi) is 6.79. The van der Waals surface area contributed by atoms with Crippen molar-refractivity contribution in [1.29, 1.82) is 0 Å². The quantitative estimate of drug-likeness (QED) is 0.340. The summed E-state index contributed by atoms with van der Waals surface area (Å²) in [5.41, 5.74) is 2.82. The highest BCUT2D eigenvalue weighted by molar-refractivity contribution is 5.97. The van der Waals surface area contributed by atoms with E-state index < -0.39 is 5.97 Å². The maximum atomic E-state index is 11.4. The second-order valence-electron chi connectivity index (χ2n) is 5.27. The van der Waals surface area contributed by atoms with Gasteiger partial charge in [0.15, 0.2) is 13.0 Å². The molecule has 1 aliphatic rings. The molecule has 1 aliphatic heterocycles. The molecule has 5 nitrogen and oxygen atoms in total. The van der Waals surface area contributed by atoms with E-state index in [2.05, 4.69) is 6.58 Å². The van der Waals surface area contributed by atoms with Crippen molar-refractivity contribution in [2.75, 3.05) is 27.5 Å². The molecule has 0 saturated carbocycles. The number of hydrogen-bond donors (Lipinski definition) is 1. The van der Waals surface area contributed by atoms with Crippen molar-refractivity contribution in [1.82, 2.24) is 0 Å². The Balaban J connectivity index is 3.12. The van der Waals surface area contributed by atoms with Crippen molar-refractivity contribution in [3.63, 3.8) is 0 Å². The molecule has 0 unspecified atom stereocenters. The Bertz CT molecular complexity index is 579. The fraction of sp³-hybridized carbons (Fsp3) is 0.412. The number of allylic oxidation sites excluding steroid dienone is 5. The lowest BCUT2D eigenvalue weighted by Crippen LogP contribution is -2.21. The third kappa shape index (κ3) is 5.00. The zero-order valence-corrected chi connectivity index (χ0v) is 13.7. The summed E-state index contributed by atoms with van der Waals surface area (Å²) in [6.07, 6.45) is 6.02. The molecule has 1 heterocycles. The average Bonchev–Trinajstić information content (AvgIpc) is 2.46. The van der Waals surface area contributed by atoms with Gasteiger partial charge in [-0.1, -0.05) is 12.7 Å². The number of aliphatic carboxylic acids is 1. The third-order valence-electron chi connectivity index (χ3n) is 3.31. The van der Waals surface area contributed by atoms with Gasteiger partial charge in [-0.15, -0.1) is 0 Å². The van der Waals surface area contributed by atoms with Crippen LogP contribution in [0.2, 0.25) is 0 Å². The van der Waals surface area contributed by atoms with Gasteiger partial charge in [-0.3, -0.25) is 0 Å². The zero-order valence-electron chi connectivity index (χ0n) is 13.7.